The number of hydrogen-bond donors (Lipinski definition) is 2. The molecular weight excluding hydrogens is 462 g/mol. The van der Waals surface area contributed by atoms with Crippen LogP contribution in [-0.4, -0.2) is 29.5 Å². The van der Waals surface area contributed by atoms with Gasteiger partial charge in [-0.25, -0.2) is 0 Å². The van der Waals surface area contributed by atoms with Crippen LogP contribution in [0.3, 0.4) is 0 Å². The summed E-state index contributed by atoms with van der Waals surface area (Å²) < 4.78 is 7.62. The molecule has 0 radical (unpaired) electrons. The van der Waals surface area contributed by atoms with Gasteiger partial charge in [0.25, 0.3) is 5.91 Å². The summed E-state index contributed by atoms with van der Waals surface area (Å²) in [5, 5.41) is 6.85. The Morgan fingerprint density at radius 3 is 2.49 bits per heavy atom. The maximum atomic E-state index is 13.2. The van der Waals surface area contributed by atoms with E-state index in [9.17, 15) is 9.59 Å². The van der Waals surface area contributed by atoms with Gasteiger partial charge in [0.15, 0.2) is 0 Å². The van der Waals surface area contributed by atoms with E-state index in [1.54, 1.807) is 0 Å². The number of fused-ring (bicyclic) bond motifs is 1. The van der Waals surface area contributed by atoms with Crippen molar-refractivity contribution in [2.24, 2.45) is 5.92 Å². The fourth-order valence-corrected chi connectivity index (χ4v) is 4.27. The van der Waals surface area contributed by atoms with Crippen molar-refractivity contribution in [2.75, 3.05) is 18.5 Å². The third-order valence-electron chi connectivity index (χ3n) is 6.27. The number of rotatable bonds is 10. The second-order valence-corrected chi connectivity index (χ2v) is 9.95. The first kappa shape index (κ1) is 26.2. The van der Waals surface area contributed by atoms with Gasteiger partial charge in [0.05, 0.1) is 6.61 Å². The molecule has 0 saturated carbocycles. The number of benzene rings is 3. The van der Waals surface area contributed by atoms with E-state index < -0.39 is 0 Å². The van der Waals surface area contributed by atoms with Crippen molar-refractivity contribution < 1.29 is 14.3 Å². The average Bonchev–Trinajstić information content (AvgIpc) is 3.23. The number of aryl methyl sites for hydroxylation is 2. The largest absolute Gasteiger partial charge is 0.367 e. The molecule has 37 heavy (non-hydrogen) atoms. The number of anilines is 1. The number of ether oxygens (including phenoxy) is 1. The molecule has 0 saturated heterocycles. The third-order valence-corrected chi connectivity index (χ3v) is 6.27. The molecule has 0 aliphatic heterocycles. The Labute approximate surface area is 218 Å². The molecule has 0 atom stereocenters. The first-order valence-corrected chi connectivity index (χ1v) is 12.7. The molecule has 4 aromatic rings. The fraction of sp³-hybridized carbons (Fsp3) is 0.290. The summed E-state index contributed by atoms with van der Waals surface area (Å²) in [6.07, 6.45) is 0. The van der Waals surface area contributed by atoms with E-state index in [-0.39, 0.29) is 18.4 Å². The maximum Gasteiger partial charge on any atom is 0.267 e. The number of carbonyl (C=O) groups is 2. The van der Waals surface area contributed by atoms with Crippen LogP contribution < -0.4 is 10.6 Å². The lowest BCUT2D eigenvalue weighted by atomic mass is 10.1. The SMILES string of the molecule is Cc1ccc(C)c(Cn2c(C(=O)NCC(C)C)cc3cc(NC(=O)COCc4ccccc4)ccc32)c1. The van der Waals surface area contributed by atoms with Gasteiger partial charge in [-0.05, 0) is 60.7 Å². The Morgan fingerprint density at radius 2 is 1.73 bits per heavy atom. The lowest BCUT2D eigenvalue weighted by molar-refractivity contribution is -0.121. The fourth-order valence-electron chi connectivity index (χ4n) is 4.27. The number of hydrogen-bond acceptors (Lipinski definition) is 3. The molecule has 0 aliphatic carbocycles. The Kier molecular flexibility index (Phi) is 8.41. The second kappa shape index (κ2) is 11.9. The monoisotopic (exact) mass is 497 g/mol. The zero-order chi connectivity index (χ0) is 26.4. The standard InChI is InChI=1S/C31H35N3O3/c1-21(2)17-32-31(36)29-16-25-15-27(33-30(35)20-37-19-24-8-6-5-7-9-24)12-13-28(25)34(29)18-26-14-22(3)10-11-23(26)4/h5-16,21H,17-20H2,1-4H3,(H,32,36)(H,33,35). The van der Waals surface area contributed by atoms with Crippen LogP contribution in [0, 0.1) is 19.8 Å². The summed E-state index contributed by atoms with van der Waals surface area (Å²) in [4.78, 5) is 25.6. The van der Waals surface area contributed by atoms with Crippen LogP contribution in [0.1, 0.15) is 46.6 Å². The van der Waals surface area contributed by atoms with Crippen LogP contribution in [0.15, 0.2) is 72.8 Å². The highest BCUT2D eigenvalue weighted by Crippen LogP contribution is 2.26. The Morgan fingerprint density at radius 1 is 0.946 bits per heavy atom. The van der Waals surface area contributed by atoms with Gasteiger partial charge in [-0.3, -0.25) is 9.59 Å². The van der Waals surface area contributed by atoms with E-state index in [2.05, 4.69) is 61.1 Å². The molecule has 3 aromatic carbocycles. The molecular formula is C31H35N3O3. The molecule has 4 rings (SSSR count). The summed E-state index contributed by atoms with van der Waals surface area (Å²) in [6.45, 7) is 9.84. The molecule has 0 spiro atoms. The summed E-state index contributed by atoms with van der Waals surface area (Å²) in [5.74, 6) is 0.0295. The minimum absolute atomic E-state index is 0.0383. The third kappa shape index (κ3) is 6.86. The molecule has 2 N–H and O–H groups in total. The molecule has 1 heterocycles. The number of aromatic nitrogens is 1. The predicted octanol–water partition coefficient (Wildman–Crippen LogP) is 5.85. The van der Waals surface area contributed by atoms with Crippen LogP contribution in [0.4, 0.5) is 5.69 Å². The van der Waals surface area contributed by atoms with Gasteiger partial charge in [-0.1, -0.05) is 67.9 Å². The van der Waals surface area contributed by atoms with Gasteiger partial charge in [-0.15, -0.1) is 0 Å². The van der Waals surface area contributed by atoms with Gasteiger partial charge < -0.3 is 19.9 Å². The van der Waals surface area contributed by atoms with E-state index in [1.807, 2.05) is 54.6 Å². The van der Waals surface area contributed by atoms with E-state index in [0.29, 0.717) is 37.0 Å². The average molecular weight is 498 g/mol. The van der Waals surface area contributed by atoms with Crippen LogP contribution in [0.2, 0.25) is 0 Å². The number of nitrogens with one attached hydrogen (secondary N) is 2. The van der Waals surface area contributed by atoms with Crippen LogP contribution in [0.5, 0.6) is 0 Å². The first-order chi connectivity index (χ1) is 17.8. The molecule has 1 aromatic heterocycles. The molecule has 0 aliphatic rings. The van der Waals surface area contributed by atoms with Crippen LogP contribution in [-0.2, 0) is 22.7 Å². The first-order valence-electron chi connectivity index (χ1n) is 12.7. The highest BCUT2D eigenvalue weighted by Gasteiger charge is 2.17. The van der Waals surface area contributed by atoms with Crippen molar-refractivity contribution in [1.82, 2.24) is 9.88 Å². The second-order valence-electron chi connectivity index (χ2n) is 9.95. The van der Waals surface area contributed by atoms with Crippen molar-refractivity contribution in [3.63, 3.8) is 0 Å². The van der Waals surface area contributed by atoms with Crippen molar-refractivity contribution in [3.05, 3.63) is 101 Å². The Hall–Kier alpha value is -3.90. The van der Waals surface area contributed by atoms with E-state index >= 15 is 0 Å². The molecule has 0 fully saturated rings. The highest BCUT2D eigenvalue weighted by molar-refractivity contribution is 6.00. The summed E-state index contributed by atoms with van der Waals surface area (Å²) in [5.41, 5.74) is 6.76. The molecule has 192 valence electrons. The predicted molar refractivity (Wildman–Crippen MR) is 149 cm³/mol. The van der Waals surface area contributed by atoms with E-state index in [4.69, 9.17) is 4.74 Å². The number of nitrogens with zero attached hydrogens (tertiary/aromatic N) is 1. The van der Waals surface area contributed by atoms with Gasteiger partial charge in [-0.2, -0.15) is 0 Å². The Balaban J connectivity index is 1.55. The van der Waals surface area contributed by atoms with Crippen LogP contribution in [0.25, 0.3) is 10.9 Å². The number of carbonyl (C=O) groups excluding carboxylic acids is 2. The van der Waals surface area contributed by atoms with Crippen molar-refractivity contribution >= 4 is 28.4 Å². The molecule has 0 unspecified atom stereocenters. The van der Waals surface area contributed by atoms with Crippen LogP contribution >= 0.6 is 0 Å². The smallest absolute Gasteiger partial charge is 0.267 e. The zero-order valence-electron chi connectivity index (χ0n) is 22.0. The minimum atomic E-state index is -0.222. The summed E-state index contributed by atoms with van der Waals surface area (Å²) in [6, 6.07) is 23.8. The van der Waals surface area contributed by atoms with Gasteiger partial charge in [0.1, 0.15) is 12.3 Å². The van der Waals surface area contributed by atoms with Crippen molar-refractivity contribution in [2.45, 2.75) is 40.8 Å². The topological polar surface area (TPSA) is 72.4 Å². The normalized spacial score (nSPS) is 11.2. The molecule has 6 nitrogen and oxygen atoms in total. The summed E-state index contributed by atoms with van der Waals surface area (Å²) >= 11 is 0. The highest BCUT2D eigenvalue weighted by atomic mass is 16.5. The van der Waals surface area contributed by atoms with Gasteiger partial charge in [0.2, 0.25) is 5.91 Å². The molecule has 2 amide bonds. The van der Waals surface area contributed by atoms with Crippen molar-refractivity contribution in [1.29, 1.82) is 0 Å². The Bertz CT molecular complexity index is 1390. The lowest BCUT2D eigenvalue weighted by Crippen LogP contribution is -2.29. The lowest BCUT2D eigenvalue weighted by Gasteiger charge is -2.14. The molecule has 0 bridgehead atoms. The van der Waals surface area contributed by atoms with Crippen molar-refractivity contribution in [3.8, 4) is 0 Å². The minimum Gasteiger partial charge on any atom is -0.367 e. The molecule has 6 heteroatoms. The summed E-state index contributed by atoms with van der Waals surface area (Å²) in [7, 11) is 0. The van der Waals surface area contributed by atoms with Gasteiger partial charge >= 0.3 is 0 Å². The van der Waals surface area contributed by atoms with E-state index in [1.165, 1.54) is 16.7 Å². The zero-order valence-corrected chi connectivity index (χ0v) is 22.0. The maximum absolute atomic E-state index is 13.2. The number of amides is 2. The van der Waals surface area contributed by atoms with Gasteiger partial charge in [0, 0.05) is 29.7 Å². The quantitative estimate of drug-likeness (QED) is 0.289. The van der Waals surface area contributed by atoms with E-state index in [0.717, 1.165) is 16.5 Å².